The molecule has 24 heavy (non-hydrogen) atoms. The number of carbonyl (C=O) groups excluding carboxylic acids is 2. The maximum atomic E-state index is 12.4. The summed E-state index contributed by atoms with van der Waals surface area (Å²) in [6, 6.07) is 17.4. The predicted molar refractivity (Wildman–Crippen MR) is 96.2 cm³/mol. The Bertz CT molecular complexity index is 880. The van der Waals surface area contributed by atoms with E-state index >= 15 is 0 Å². The molecule has 1 N–H and O–H groups in total. The summed E-state index contributed by atoms with van der Waals surface area (Å²) in [7, 11) is 0. The minimum absolute atomic E-state index is 0.0740. The summed E-state index contributed by atoms with van der Waals surface area (Å²) in [5.41, 5.74) is 2.79. The number of anilines is 1. The van der Waals surface area contributed by atoms with E-state index in [1.807, 2.05) is 61.5 Å². The molecule has 2 aromatic carbocycles. The van der Waals surface area contributed by atoms with Crippen LogP contribution in [0, 0.1) is 0 Å². The smallest absolute Gasteiger partial charge is 0.231 e. The number of nitrogens with one attached hydrogen (secondary N) is 1. The van der Waals surface area contributed by atoms with Gasteiger partial charge in [-0.1, -0.05) is 43.3 Å². The van der Waals surface area contributed by atoms with Crippen LogP contribution in [-0.4, -0.2) is 16.4 Å². The van der Waals surface area contributed by atoms with Crippen molar-refractivity contribution in [1.29, 1.82) is 0 Å². The van der Waals surface area contributed by atoms with Crippen molar-refractivity contribution in [2.24, 2.45) is 0 Å². The zero-order chi connectivity index (χ0) is 16.9. The van der Waals surface area contributed by atoms with Crippen LogP contribution in [0.2, 0.25) is 0 Å². The summed E-state index contributed by atoms with van der Waals surface area (Å²) in [4.78, 5) is 24.5. The van der Waals surface area contributed by atoms with Crippen LogP contribution in [0.1, 0.15) is 30.1 Å². The highest BCUT2D eigenvalue weighted by atomic mass is 16.2. The van der Waals surface area contributed by atoms with Gasteiger partial charge in [0.2, 0.25) is 11.8 Å². The Balaban J connectivity index is 1.63. The standard InChI is InChI=1S/C20H20N2O2/c1-2-15-7-3-5-9-17(15)21-19(23)11-12-20(24)22-14-13-16-8-4-6-10-18(16)22/h3-10,13-14H,2,11-12H2,1H3,(H,21,23). The van der Waals surface area contributed by atoms with Crippen LogP contribution in [0.15, 0.2) is 60.8 Å². The SMILES string of the molecule is CCc1ccccc1NC(=O)CCC(=O)n1ccc2ccccc21. The molecular formula is C20H20N2O2. The van der Waals surface area contributed by atoms with Crippen molar-refractivity contribution in [2.45, 2.75) is 26.2 Å². The summed E-state index contributed by atoms with van der Waals surface area (Å²) in [6.45, 7) is 2.05. The molecule has 0 bridgehead atoms. The molecule has 0 aliphatic rings. The zero-order valence-corrected chi connectivity index (χ0v) is 13.7. The molecular weight excluding hydrogens is 300 g/mol. The van der Waals surface area contributed by atoms with Crippen molar-refractivity contribution in [1.82, 2.24) is 4.57 Å². The van der Waals surface area contributed by atoms with Gasteiger partial charge in [0.15, 0.2) is 0 Å². The molecule has 0 saturated heterocycles. The fourth-order valence-corrected chi connectivity index (χ4v) is 2.80. The molecule has 0 fully saturated rings. The molecule has 4 heteroatoms. The van der Waals surface area contributed by atoms with Gasteiger partial charge in [-0.15, -0.1) is 0 Å². The van der Waals surface area contributed by atoms with Gasteiger partial charge in [0.25, 0.3) is 0 Å². The number of carbonyl (C=O) groups is 2. The number of benzene rings is 2. The molecule has 0 radical (unpaired) electrons. The number of fused-ring (bicyclic) bond motifs is 1. The third-order valence-electron chi connectivity index (χ3n) is 4.11. The molecule has 0 aliphatic heterocycles. The molecule has 0 unspecified atom stereocenters. The van der Waals surface area contributed by atoms with E-state index in [-0.39, 0.29) is 24.7 Å². The predicted octanol–water partition coefficient (Wildman–Crippen LogP) is 4.26. The van der Waals surface area contributed by atoms with Crippen LogP contribution in [-0.2, 0) is 11.2 Å². The highest BCUT2D eigenvalue weighted by molar-refractivity contribution is 5.97. The maximum Gasteiger partial charge on any atom is 0.231 e. The Labute approximate surface area is 141 Å². The molecule has 3 rings (SSSR count). The number of hydrogen-bond acceptors (Lipinski definition) is 2. The Hall–Kier alpha value is -2.88. The molecule has 1 aromatic heterocycles. The van der Waals surface area contributed by atoms with Crippen LogP contribution in [0.25, 0.3) is 10.9 Å². The minimum atomic E-state index is -0.138. The number of aryl methyl sites for hydroxylation is 1. The molecule has 3 aromatic rings. The molecule has 0 spiro atoms. The number of amides is 1. The lowest BCUT2D eigenvalue weighted by atomic mass is 10.1. The second-order valence-corrected chi connectivity index (χ2v) is 5.70. The first-order chi connectivity index (χ1) is 11.7. The summed E-state index contributed by atoms with van der Waals surface area (Å²) >= 11 is 0. The molecule has 0 aliphatic carbocycles. The van der Waals surface area contributed by atoms with E-state index in [4.69, 9.17) is 0 Å². The van der Waals surface area contributed by atoms with Crippen LogP contribution >= 0.6 is 0 Å². The van der Waals surface area contributed by atoms with Gasteiger partial charge in [0.1, 0.15) is 0 Å². The Morgan fingerprint density at radius 3 is 2.54 bits per heavy atom. The maximum absolute atomic E-state index is 12.4. The molecule has 1 heterocycles. The van der Waals surface area contributed by atoms with Crippen molar-refractivity contribution >= 4 is 28.4 Å². The van der Waals surface area contributed by atoms with Gasteiger partial charge < -0.3 is 5.32 Å². The average Bonchev–Trinajstić information content (AvgIpc) is 3.04. The van der Waals surface area contributed by atoms with Crippen molar-refractivity contribution in [2.75, 3.05) is 5.32 Å². The van der Waals surface area contributed by atoms with Crippen LogP contribution in [0.3, 0.4) is 0 Å². The first kappa shape index (κ1) is 16.0. The number of hydrogen-bond donors (Lipinski definition) is 1. The van der Waals surface area contributed by atoms with E-state index in [2.05, 4.69) is 5.32 Å². The normalized spacial score (nSPS) is 10.7. The van der Waals surface area contributed by atoms with Gasteiger partial charge >= 0.3 is 0 Å². The first-order valence-corrected chi connectivity index (χ1v) is 8.16. The molecule has 1 amide bonds. The fraction of sp³-hybridized carbons (Fsp3) is 0.200. The van der Waals surface area contributed by atoms with Crippen LogP contribution < -0.4 is 5.32 Å². The highest BCUT2D eigenvalue weighted by Gasteiger charge is 2.12. The van der Waals surface area contributed by atoms with Gasteiger partial charge in [-0.2, -0.15) is 0 Å². The Morgan fingerprint density at radius 1 is 0.958 bits per heavy atom. The second-order valence-electron chi connectivity index (χ2n) is 5.70. The summed E-state index contributed by atoms with van der Waals surface area (Å²) in [6.07, 6.45) is 2.96. The molecule has 0 saturated carbocycles. The molecule has 4 nitrogen and oxygen atoms in total. The van der Waals surface area contributed by atoms with Gasteiger partial charge in [0, 0.05) is 30.1 Å². The molecule has 122 valence electrons. The van der Waals surface area contributed by atoms with Crippen molar-refractivity contribution in [3.05, 3.63) is 66.4 Å². The second kappa shape index (κ2) is 7.13. The lowest BCUT2D eigenvalue weighted by molar-refractivity contribution is -0.116. The fourth-order valence-electron chi connectivity index (χ4n) is 2.80. The number of para-hydroxylation sites is 2. The molecule has 0 atom stereocenters. The quantitative estimate of drug-likeness (QED) is 0.763. The monoisotopic (exact) mass is 320 g/mol. The number of rotatable bonds is 5. The van der Waals surface area contributed by atoms with Gasteiger partial charge in [-0.3, -0.25) is 14.2 Å². The summed E-state index contributed by atoms with van der Waals surface area (Å²) in [5, 5.41) is 3.92. The van der Waals surface area contributed by atoms with E-state index in [0.29, 0.717) is 0 Å². The largest absolute Gasteiger partial charge is 0.326 e. The van der Waals surface area contributed by atoms with Gasteiger partial charge in [0.05, 0.1) is 5.52 Å². The Morgan fingerprint density at radius 2 is 1.71 bits per heavy atom. The average molecular weight is 320 g/mol. The first-order valence-electron chi connectivity index (χ1n) is 8.16. The summed E-state index contributed by atoms with van der Waals surface area (Å²) in [5.74, 6) is -0.212. The third kappa shape index (κ3) is 3.38. The highest BCUT2D eigenvalue weighted by Crippen LogP contribution is 2.17. The van der Waals surface area contributed by atoms with Crippen molar-refractivity contribution < 1.29 is 9.59 Å². The third-order valence-corrected chi connectivity index (χ3v) is 4.11. The lowest BCUT2D eigenvalue weighted by Gasteiger charge is -2.09. The summed E-state index contributed by atoms with van der Waals surface area (Å²) < 4.78 is 1.61. The number of nitrogens with zero attached hydrogens (tertiary/aromatic N) is 1. The van der Waals surface area contributed by atoms with Crippen LogP contribution in [0.5, 0.6) is 0 Å². The van der Waals surface area contributed by atoms with Crippen LogP contribution in [0.4, 0.5) is 5.69 Å². The van der Waals surface area contributed by atoms with Gasteiger partial charge in [-0.25, -0.2) is 0 Å². The topological polar surface area (TPSA) is 51.1 Å². The van der Waals surface area contributed by atoms with Gasteiger partial charge in [-0.05, 0) is 30.2 Å². The lowest BCUT2D eigenvalue weighted by Crippen LogP contribution is -2.17. The van der Waals surface area contributed by atoms with Crippen molar-refractivity contribution in [3.8, 4) is 0 Å². The van der Waals surface area contributed by atoms with E-state index in [1.165, 1.54) is 0 Å². The van der Waals surface area contributed by atoms with E-state index in [9.17, 15) is 9.59 Å². The van der Waals surface area contributed by atoms with E-state index in [1.54, 1.807) is 10.8 Å². The van der Waals surface area contributed by atoms with E-state index < -0.39 is 0 Å². The van der Waals surface area contributed by atoms with E-state index in [0.717, 1.165) is 28.6 Å². The zero-order valence-electron chi connectivity index (χ0n) is 13.7. The Kier molecular flexibility index (Phi) is 4.75. The minimum Gasteiger partial charge on any atom is -0.326 e. The van der Waals surface area contributed by atoms with Crippen molar-refractivity contribution in [3.63, 3.8) is 0 Å². The number of aromatic nitrogens is 1.